The van der Waals surface area contributed by atoms with Gasteiger partial charge in [-0.15, -0.1) is 10.2 Å². The minimum atomic E-state index is -1.80. The molecule has 0 bridgehead atoms. The van der Waals surface area contributed by atoms with Crippen LogP contribution >= 0.6 is 11.6 Å². The molecule has 0 saturated heterocycles. The zero-order valence-corrected chi connectivity index (χ0v) is 12.0. The summed E-state index contributed by atoms with van der Waals surface area (Å²) in [6.07, 6.45) is -6.90. The van der Waals surface area contributed by atoms with E-state index in [9.17, 15) is 20.4 Å². The highest BCUT2D eigenvalue weighted by atomic mass is 35.5. The standard InChI is InChI=1S/C13H15ClN2O6/c14-7-3-1-6(2-4-7)12-15-16-13(22-12)11(21)10(20)9(19)8(18)5-17/h1-4,8-11,17-21H,5H2/t8-,9+,10+,11?/m1/s1. The summed E-state index contributed by atoms with van der Waals surface area (Å²) in [6, 6.07) is 6.50. The van der Waals surface area contributed by atoms with E-state index in [1.54, 1.807) is 24.3 Å². The summed E-state index contributed by atoms with van der Waals surface area (Å²) in [4.78, 5) is 0. The Kier molecular flexibility index (Phi) is 5.46. The van der Waals surface area contributed by atoms with Crippen LogP contribution in [0.3, 0.4) is 0 Å². The summed E-state index contributed by atoms with van der Waals surface area (Å²) in [5.41, 5.74) is 0.556. The van der Waals surface area contributed by atoms with Crippen LogP contribution < -0.4 is 0 Å². The van der Waals surface area contributed by atoms with Gasteiger partial charge in [0.1, 0.15) is 18.3 Å². The maximum Gasteiger partial charge on any atom is 0.248 e. The molecule has 0 saturated carbocycles. The lowest BCUT2D eigenvalue weighted by Crippen LogP contribution is -2.42. The Morgan fingerprint density at radius 1 is 1.00 bits per heavy atom. The van der Waals surface area contributed by atoms with Gasteiger partial charge in [0.25, 0.3) is 0 Å². The van der Waals surface area contributed by atoms with Gasteiger partial charge < -0.3 is 29.9 Å². The van der Waals surface area contributed by atoms with Crippen LogP contribution in [0.2, 0.25) is 5.02 Å². The summed E-state index contributed by atoms with van der Waals surface area (Å²) in [5, 5.41) is 55.0. The fraction of sp³-hybridized carbons (Fsp3) is 0.385. The third kappa shape index (κ3) is 3.61. The third-order valence-corrected chi connectivity index (χ3v) is 3.29. The zero-order valence-electron chi connectivity index (χ0n) is 11.2. The lowest BCUT2D eigenvalue weighted by atomic mass is 10.0. The van der Waals surface area contributed by atoms with E-state index >= 15 is 0 Å². The van der Waals surface area contributed by atoms with Gasteiger partial charge in [-0.25, -0.2) is 0 Å². The molecule has 0 aliphatic rings. The van der Waals surface area contributed by atoms with E-state index in [0.29, 0.717) is 10.6 Å². The zero-order chi connectivity index (χ0) is 16.3. The second-order valence-corrected chi connectivity index (χ2v) is 5.06. The highest BCUT2D eigenvalue weighted by Crippen LogP contribution is 2.24. The number of aliphatic hydroxyl groups excluding tert-OH is 5. The molecule has 2 aromatic rings. The maximum absolute atomic E-state index is 9.89. The van der Waals surface area contributed by atoms with E-state index < -0.39 is 31.0 Å². The van der Waals surface area contributed by atoms with Crippen molar-refractivity contribution in [2.24, 2.45) is 0 Å². The third-order valence-electron chi connectivity index (χ3n) is 3.04. The molecule has 1 unspecified atom stereocenters. The van der Waals surface area contributed by atoms with Crippen LogP contribution in [0, 0.1) is 0 Å². The highest BCUT2D eigenvalue weighted by molar-refractivity contribution is 6.30. The first-order valence-corrected chi connectivity index (χ1v) is 6.74. The minimum absolute atomic E-state index is 0.0927. The molecule has 4 atom stereocenters. The summed E-state index contributed by atoms with van der Waals surface area (Å²) >= 11 is 5.76. The van der Waals surface area contributed by atoms with Crippen LogP contribution in [0.1, 0.15) is 12.0 Å². The van der Waals surface area contributed by atoms with Crippen LogP contribution in [0.5, 0.6) is 0 Å². The Morgan fingerprint density at radius 2 is 1.64 bits per heavy atom. The van der Waals surface area contributed by atoms with Crippen molar-refractivity contribution in [2.75, 3.05) is 6.61 Å². The Labute approximate surface area is 130 Å². The molecule has 0 fully saturated rings. The normalized spacial score (nSPS) is 17.0. The first-order chi connectivity index (χ1) is 10.4. The molecule has 1 heterocycles. The molecule has 1 aromatic heterocycles. The Hall–Kier alpha value is -1.55. The molecule has 2 rings (SSSR count). The second kappa shape index (κ2) is 7.14. The van der Waals surface area contributed by atoms with E-state index in [-0.39, 0.29) is 11.8 Å². The van der Waals surface area contributed by atoms with Crippen molar-refractivity contribution >= 4 is 11.6 Å². The van der Waals surface area contributed by atoms with E-state index in [4.69, 9.17) is 21.1 Å². The van der Waals surface area contributed by atoms with Crippen LogP contribution in [0.4, 0.5) is 0 Å². The molecule has 1 aromatic carbocycles. The van der Waals surface area contributed by atoms with Crippen LogP contribution in [0.15, 0.2) is 28.7 Å². The van der Waals surface area contributed by atoms with Crippen LogP contribution in [-0.4, -0.2) is 60.6 Å². The number of rotatable bonds is 6. The summed E-state index contributed by atoms with van der Waals surface area (Å²) in [6.45, 7) is -0.773. The highest BCUT2D eigenvalue weighted by Gasteiger charge is 2.34. The summed E-state index contributed by atoms with van der Waals surface area (Å²) in [5.74, 6) is -0.239. The fourth-order valence-corrected chi connectivity index (χ4v) is 1.86. The summed E-state index contributed by atoms with van der Waals surface area (Å²) < 4.78 is 5.23. The molecular formula is C13H15ClN2O6. The topological polar surface area (TPSA) is 140 Å². The van der Waals surface area contributed by atoms with Gasteiger partial charge in [-0.3, -0.25) is 0 Å². The lowest BCUT2D eigenvalue weighted by molar-refractivity contribution is -0.121. The van der Waals surface area contributed by atoms with Crippen molar-refractivity contribution < 1.29 is 29.9 Å². The van der Waals surface area contributed by atoms with Gasteiger partial charge in [0.05, 0.1) is 6.61 Å². The van der Waals surface area contributed by atoms with Crippen molar-refractivity contribution in [3.63, 3.8) is 0 Å². The fourth-order valence-electron chi connectivity index (χ4n) is 1.73. The van der Waals surface area contributed by atoms with Gasteiger partial charge in [-0.1, -0.05) is 11.6 Å². The van der Waals surface area contributed by atoms with E-state index in [0.717, 1.165) is 0 Å². The Morgan fingerprint density at radius 3 is 2.23 bits per heavy atom. The van der Waals surface area contributed by atoms with Gasteiger partial charge >= 0.3 is 0 Å². The quantitative estimate of drug-likeness (QED) is 0.477. The molecular weight excluding hydrogens is 316 g/mol. The molecule has 0 amide bonds. The predicted octanol–water partition coefficient (Wildman–Crippen LogP) is -0.502. The molecule has 8 nitrogen and oxygen atoms in total. The molecule has 0 radical (unpaired) electrons. The molecule has 5 N–H and O–H groups in total. The molecule has 0 spiro atoms. The molecule has 120 valence electrons. The van der Waals surface area contributed by atoms with Crippen LogP contribution in [0.25, 0.3) is 11.5 Å². The van der Waals surface area contributed by atoms with Gasteiger partial charge in [0.2, 0.25) is 11.8 Å². The molecule has 0 aliphatic carbocycles. The Bertz CT molecular complexity index is 605. The van der Waals surface area contributed by atoms with Gasteiger partial charge in [0, 0.05) is 10.6 Å². The van der Waals surface area contributed by atoms with Crippen molar-refractivity contribution in [1.29, 1.82) is 0 Å². The first-order valence-electron chi connectivity index (χ1n) is 6.36. The van der Waals surface area contributed by atoms with Crippen molar-refractivity contribution in [2.45, 2.75) is 24.4 Å². The largest absolute Gasteiger partial charge is 0.418 e. The summed E-state index contributed by atoms with van der Waals surface area (Å²) in [7, 11) is 0. The average Bonchev–Trinajstić information content (AvgIpc) is 3.02. The molecule has 22 heavy (non-hydrogen) atoms. The smallest absolute Gasteiger partial charge is 0.248 e. The number of hydrogen-bond acceptors (Lipinski definition) is 8. The Balaban J connectivity index is 2.15. The first kappa shape index (κ1) is 16.8. The van der Waals surface area contributed by atoms with Gasteiger partial charge in [-0.05, 0) is 24.3 Å². The van der Waals surface area contributed by atoms with E-state index in [2.05, 4.69) is 10.2 Å². The van der Waals surface area contributed by atoms with Crippen molar-refractivity contribution in [3.05, 3.63) is 35.2 Å². The number of aromatic nitrogens is 2. The van der Waals surface area contributed by atoms with Crippen molar-refractivity contribution in [3.8, 4) is 11.5 Å². The maximum atomic E-state index is 9.89. The second-order valence-electron chi connectivity index (χ2n) is 4.63. The lowest BCUT2D eigenvalue weighted by Gasteiger charge is -2.23. The predicted molar refractivity (Wildman–Crippen MR) is 74.8 cm³/mol. The number of benzene rings is 1. The average molecular weight is 331 g/mol. The molecule has 0 aliphatic heterocycles. The van der Waals surface area contributed by atoms with E-state index in [1.165, 1.54) is 0 Å². The van der Waals surface area contributed by atoms with Crippen molar-refractivity contribution in [1.82, 2.24) is 10.2 Å². The molecule has 9 heteroatoms. The SMILES string of the molecule is OC[C@@H](O)[C@H](O)[C@H](O)C(O)c1nnc(-c2ccc(Cl)cc2)o1. The number of aliphatic hydroxyl groups is 5. The number of halogens is 1. The number of nitrogens with zero attached hydrogens (tertiary/aromatic N) is 2. The number of hydrogen-bond donors (Lipinski definition) is 5. The van der Waals surface area contributed by atoms with E-state index in [1.807, 2.05) is 0 Å². The monoisotopic (exact) mass is 330 g/mol. The van der Waals surface area contributed by atoms with Crippen LogP contribution in [-0.2, 0) is 0 Å². The minimum Gasteiger partial charge on any atom is -0.418 e. The van der Waals surface area contributed by atoms with Gasteiger partial charge in [0.15, 0.2) is 6.10 Å². The van der Waals surface area contributed by atoms with Gasteiger partial charge in [-0.2, -0.15) is 0 Å².